The molecule has 0 saturated carbocycles. The number of amides is 1. The number of aromatic nitrogens is 4. The summed E-state index contributed by atoms with van der Waals surface area (Å²) in [6, 6.07) is 16.2. The van der Waals surface area contributed by atoms with Gasteiger partial charge in [0.2, 0.25) is 5.91 Å². The van der Waals surface area contributed by atoms with Crippen LogP contribution in [0.5, 0.6) is 0 Å². The van der Waals surface area contributed by atoms with Crippen molar-refractivity contribution in [1.82, 2.24) is 19.7 Å². The molecule has 2 heterocycles. The minimum Gasteiger partial charge on any atom is -0.325 e. The first kappa shape index (κ1) is 24.7. The van der Waals surface area contributed by atoms with E-state index in [1.54, 1.807) is 12.4 Å². The van der Waals surface area contributed by atoms with Crippen LogP contribution in [-0.2, 0) is 4.79 Å². The number of hydrogen-bond donors (Lipinski definition) is 1. The van der Waals surface area contributed by atoms with Crippen LogP contribution in [0.25, 0.3) is 17.1 Å². The first-order valence-corrected chi connectivity index (χ1v) is 12.6. The number of rotatable bonds is 7. The Morgan fingerprint density at radius 3 is 2.34 bits per heavy atom. The second-order valence-corrected chi connectivity index (χ2v) is 10.4. The maximum absolute atomic E-state index is 13.3. The Bertz CT molecular complexity index is 1350. The number of anilines is 1. The molecule has 1 amide bonds. The van der Waals surface area contributed by atoms with Crippen molar-refractivity contribution < 1.29 is 4.79 Å². The zero-order valence-corrected chi connectivity index (χ0v) is 21.9. The number of nitrogens with zero attached hydrogens (tertiary/aromatic N) is 4. The smallest absolute Gasteiger partial charge is 0.237 e. The highest BCUT2D eigenvalue weighted by atomic mass is 32.2. The van der Waals surface area contributed by atoms with Crippen LogP contribution >= 0.6 is 11.8 Å². The second-order valence-electron chi connectivity index (χ2n) is 9.09. The van der Waals surface area contributed by atoms with Crippen molar-refractivity contribution in [2.24, 2.45) is 0 Å². The molecule has 0 aliphatic carbocycles. The van der Waals surface area contributed by atoms with Gasteiger partial charge in [0, 0.05) is 23.6 Å². The highest BCUT2D eigenvalue weighted by Crippen LogP contribution is 2.32. The average molecular weight is 486 g/mol. The molecule has 180 valence electrons. The molecule has 0 fully saturated rings. The summed E-state index contributed by atoms with van der Waals surface area (Å²) in [7, 11) is 0. The number of carbonyl (C=O) groups excluding carboxylic acids is 1. The Balaban J connectivity index is 1.67. The summed E-state index contributed by atoms with van der Waals surface area (Å²) in [5, 5.41) is 12.4. The van der Waals surface area contributed by atoms with E-state index < -0.39 is 0 Å². The average Bonchev–Trinajstić information content (AvgIpc) is 3.25. The predicted molar refractivity (Wildman–Crippen MR) is 143 cm³/mol. The quantitative estimate of drug-likeness (QED) is 0.303. The maximum atomic E-state index is 13.3. The van der Waals surface area contributed by atoms with Crippen LogP contribution in [0.15, 0.2) is 66.1 Å². The first-order valence-electron chi connectivity index (χ1n) is 11.8. The SMILES string of the molecule is Cc1ccc(-n2c(SC(C)C(=O)Nc3c(C)cccc3C(C)C)nnc2-c2ccncc2)cc1C. The lowest BCUT2D eigenvalue weighted by Gasteiger charge is -2.19. The van der Waals surface area contributed by atoms with Crippen LogP contribution in [0.2, 0.25) is 0 Å². The number of benzene rings is 2. The van der Waals surface area contributed by atoms with Gasteiger partial charge in [0.1, 0.15) is 0 Å². The number of hydrogen-bond acceptors (Lipinski definition) is 5. The van der Waals surface area contributed by atoms with Crippen molar-refractivity contribution in [2.45, 2.75) is 57.9 Å². The minimum atomic E-state index is -0.380. The van der Waals surface area contributed by atoms with Gasteiger partial charge in [-0.3, -0.25) is 14.3 Å². The van der Waals surface area contributed by atoms with Crippen LogP contribution < -0.4 is 5.32 Å². The Hall–Kier alpha value is -3.45. The van der Waals surface area contributed by atoms with Gasteiger partial charge in [-0.25, -0.2) is 0 Å². The van der Waals surface area contributed by atoms with E-state index in [4.69, 9.17) is 0 Å². The zero-order valence-electron chi connectivity index (χ0n) is 21.0. The van der Waals surface area contributed by atoms with E-state index in [9.17, 15) is 4.79 Å². The fourth-order valence-corrected chi connectivity index (χ4v) is 4.78. The van der Waals surface area contributed by atoms with Gasteiger partial charge in [-0.2, -0.15) is 0 Å². The molecule has 35 heavy (non-hydrogen) atoms. The summed E-state index contributed by atoms with van der Waals surface area (Å²) in [5.74, 6) is 0.960. The van der Waals surface area contributed by atoms with E-state index >= 15 is 0 Å². The molecular formula is C28H31N5OS. The molecule has 1 unspecified atom stereocenters. The van der Waals surface area contributed by atoms with Gasteiger partial charge in [-0.1, -0.05) is 49.9 Å². The summed E-state index contributed by atoms with van der Waals surface area (Å²) in [5.41, 5.74) is 7.35. The topological polar surface area (TPSA) is 72.7 Å². The predicted octanol–water partition coefficient (Wildman–Crippen LogP) is 6.50. The van der Waals surface area contributed by atoms with Crippen LogP contribution in [0, 0.1) is 20.8 Å². The molecule has 0 aliphatic rings. The highest BCUT2D eigenvalue weighted by Gasteiger charge is 2.23. The summed E-state index contributed by atoms with van der Waals surface area (Å²) in [4.78, 5) is 17.4. The van der Waals surface area contributed by atoms with Crippen LogP contribution in [0.1, 0.15) is 48.9 Å². The molecule has 7 heteroatoms. The molecule has 0 spiro atoms. The van der Waals surface area contributed by atoms with Crippen LogP contribution in [-0.4, -0.2) is 30.9 Å². The van der Waals surface area contributed by atoms with Crippen molar-refractivity contribution in [1.29, 1.82) is 0 Å². The van der Waals surface area contributed by atoms with Crippen molar-refractivity contribution in [3.8, 4) is 17.1 Å². The lowest BCUT2D eigenvalue weighted by Crippen LogP contribution is -2.24. The fraction of sp³-hybridized carbons (Fsp3) is 0.286. The van der Waals surface area contributed by atoms with Crippen molar-refractivity contribution in [2.75, 3.05) is 5.32 Å². The van der Waals surface area contributed by atoms with Gasteiger partial charge in [-0.15, -0.1) is 10.2 Å². The normalized spacial score (nSPS) is 12.1. The van der Waals surface area contributed by atoms with Crippen molar-refractivity contribution >= 4 is 23.4 Å². The fourth-order valence-electron chi connectivity index (χ4n) is 3.91. The number of para-hydroxylation sites is 1. The summed E-state index contributed by atoms with van der Waals surface area (Å²) in [6.45, 7) is 12.4. The largest absolute Gasteiger partial charge is 0.325 e. The van der Waals surface area contributed by atoms with Crippen molar-refractivity contribution in [3.05, 3.63) is 83.2 Å². The Morgan fingerprint density at radius 1 is 0.914 bits per heavy atom. The third-order valence-corrected chi connectivity index (χ3v) is 7.19. The Kier molecular flexibility index (Phi) is 7.36. The standard InChI is InChI=1S/C28H31N5OS/c1-17(2)24-9-7-8-19(4)25(24)30-27(34)21(6)35-28-32-31-26(22-12-14-29-15-13-22)33(28)23-11-10-18(3)20(5)16-23/h7-17,21H,1-6H3,(H,30,34). The van der Waals surface area contributed by atoms with Gasteiger partial charge < -0.3 is 5.32 Å². The van der Waals surface area contributed by atoms with Gasteiger partial charge in [-0.05, 0) is 80.1 Å². The van der Waals surface area contributed by atoms with E-state index in [1.807, 2.05) is 42.7 Å². The molecule has 6 nitrogen and oxygen atoms in total. The molecule has 1 N–H and O–H groups in total. The summed E-state index contributed by atoms with van der Waals surface area (Å²) >= 11 is 1.40. The Labute approximate surface area is 211 Å². The van der Waals surface area contributed by atoms with E-state index in [0.717, 1.165) is 28.1 Å². The lowest BCUT2D eigenvalue weighted by molar-refractivity contribution is -0.115. The number of thioether (sulfide) groups is 1. The zero-order chi connectivity index (χ0) is 25.1. The van der Waals surface area contributed by atoms with Crippen LogP contribution in [0.3, 0.4) is 0 Å². The van der Waals surface area contributed by atoms with E-state index in [2.05, 4.69) is 72.5 Å². The molecule has 4 rings (SSSR count). The van der Waals surface area contributed by atoms with Gasteiger partial charge in [0.25, 0.3) is 0 Å². The third kappa shape index (κ3) is 5.30. The third-order valence-electron chi connectivity index (χ3n) is 6.15. The first-order chi connectivity index (χ1) is 16.8. The minimum absolute atomic E-state index is 0.0636. The monoisotopic (exact) mass is 485 g/mol. The van der Waals surface area contributed by atoms with Crippen molar-refractivity contribution in [3.63, 3.8) is 0 Å². The van der Waals surface area contributed by atoms with Gasteiger partial charge >= 0.3 is 0 Å². The van der Waals surface area contributed by atoms with Gasteiger partial charge in [0.05, 0.1) is 10.9 Å². The van der Waals surface area contributed by atoms with Gasteiger partial charge in [0.15, 0.2) is 11.0 Å². The number of nitrogens with one attached hydrogen (secondary N) is 1. The molecular weight excluding hydrogens is 454 g/mol. The molecule has 0 saturated heterocycles. The maximum Gasteiger partial charge on any atom is 0.237 e. The molecule has 4 aromatic rings. The van der Waals surface area contributed by atoms with E-state index in [0.29, 0.717) is 16.9 Å². The highest BCUT2D eigenvalue weighted by molar-refractivity contribution is 8.00. The second kappa shape index (κ2) is 10.4. The molecule has 0 bridgehead atoms. The van der Waals surface area contributed by atoms with E-state index in [-0.39, 0.29) is 11.2 Å². The lowest BCUT2D eigenvalue weighted by atomic mass is 9.98. The number of aryl methyl sites for hydroxylation is 3. The molecule has 1 atom stereocenters. The summed E-state index contributed by atoms with van der Waals surface area (Å²) < 4.78 is 2.02. The summed E-state index contributed by atoms with van der Waals surface area (Å²) in [6.07, 6.45) is 3.48. The number of pyridine rings is 1. The molecule has 2 aromatic carbocycles. The molecule has 2 aromatic heterocycles. The molecule has 0 aliphatic heterocycles. The molecule has 0 radical (unpaired) electrons. The van der Waals surface area contributed by atoms with E-state index in [1.165, 1.54) is 22.9 Å². The Morgan fingerprint density at radius 2 is 1.66 bits per heavy atom. The number of carbonyl (C=O) groups is 1. The van der Waals surface area contributed by atoms with Crippen LogP contribution in [0.4, 0.5) is 5.69 Å².